The van der Waals surface area contributed by atoms with Gasteiger partial charge >= 0.3 is 0 Å². The van der Waals surface area contributed by atoms with Crippen molar-refractivity contribution in [1.82, 2.24) is 5.32 Å². The van der Waals surface area contributed by atoms with Crippen LogP contribution >= 0.6 is 12.4 Å². The van der Waals surface area contributed by atoms with E-state index in [2.05, 4.69) is 31.3 Å². The van der Waals surface area contributed by atoms with Gasteiger partial charge in [0.15, 0.2) is 0 Å². The van der Waals surface area contributed by atoms with Crippen molar-refractivity contribution in [2.24, 2.45) is 5.73 Å². The molecule has 0 saturated heterocycles. The lowest BCUT2D eigenvalue weighted by Gasteiger charge is -2.29. The fourth-order valence-corrected chi connectivity index (χ4v) is 2.39. The largest absolute Gasteiger partial charge is 0.353 e. The molecule has 0 fully saturated rings. The molecule has 1 unspecified atom stereocenters. The first-order chi connectivity index (χ1) is 10.3. The van der Waals surface area contributed by atoms with Crippen LogP contribution in [-0.4, -0.2) is 12.5 Å². The van der Waals surface area contributed by atoms with Crippen LogP contribution in [0.5, 0.6) is 0 Å². The SMILES string of the molecule is CC(C)(CNC(=O)C(C)(N)c1ccccc1)c1ccccc1.Cl. The summed E-state index contributed by atoms with van der Waals surface area (Å²) in [5.41, 5.74) is 7.05. The second-order valence-corrected chi connectivity index (χ2v) is 6.50. The van der Waals surface area contributed by atoms with Gasteiger partial charge in [-0.1, -0.05) is 74.5 Å². The fourth-order valence-electron chi connectivity index (χ4n) is 2.39. The molecule has 1 amide bonds. The van der Waals surface area contributed by atoms with Gasteiger partial charge < -0.3 is 11.1 Å². The summed E-state index contributed by atoms with van der Waals surface area (Å²) >= 11 is 0. The third kappa shape index (κ3) is 4.57. The molecule has 2 rings (SSSR count). The van der Waals surface area contributed by atoms with Gasteiger partial charge in [0.05, 0.1) is 0 Å². The maximum absolute atomic E-state index is 12.5. The van der Waals surface area contributed by atoms with Crippen molar-refractivity contribution in [3.63, 3.8) is 0 Å². The normalized spacial score (nSPS) is 13.6. The molecule has 0 aliphatic rings. The van der Waals surface area contributed by atoms with Crippen molar-refractivity contribution in [3.05, 3.63) is 71.8 Å². The molecule has 0 aromatic heterocycles. The smallest absolute Gasteiger partial charge is 0.244 e. The van der Waals surface area contributed by atoms with E-state index in [-0.39, 0.29) is 23.7 Å². The third-order valence-electron chi connectivity index (χ3n) is 4.09. The van der Waals surface area contributed by atoms with Crippen molar-refractivity contribution >= 4 is 18.3 Å². The van der Waals surface area contributed by atoms with E-state index < -0.39 is 5.54 Å². The van der Waals surface area contributed by atoms with E-state index in [0.29, 0.717) is 6.54 Å². The van der Waals surface area contributed by atoms with Gasteiger partial charge in [-0.05, 0) is 18.1 Å². The van der Waals surface area contributed by atoms with Crippen molar-refractivity contribution < 1.29 is 4.79 Å². The summed E-state index contributed by atoms with van der Waals surface area (Å²) < 4.78 is 0. The quantitative estimate of drug-likeness (QED) is 0.882. The Morgan fingerprint density at radius 3 is 1.83 bits per heavy atom. The minimum Gasteiger partial charge on any atom is -0.353 e. The highest BCUT2D eigenvalue weighted by molar-refractivity contribution is 5.87. The summed E-state index contributed by atoms with van der Waals surface area (Å²) in [7, 11) is 0. The highest BCUT2D eigenvalue weighted by atomic mass is 35.5. The van der Waals surface area contributed by atoms with Crippen molar-refractivity contribution in [1.29, 1.82) is 0 Å². The Morgan fingerprint density at radius 2 is 1.35 bits per heavy atom. The lowest BCUT2D eigenvalue weighted by atomic mass is 9.84. The zero-order valence-electron chi connectivity index (χ0n) is 13.9. The van der Waals surface area contributed by atoms with E-state index in [4.69, 9.17) is 5.73 Å². The molecule has 0 bridgehead atoms. The molecular weight excluding hydrogens is 308 g/mol. The van der Waals surface area contributed by atoms with Crippen molar-refractivity contribution in [2.75, 3.05) is 6.54 Å². The van der Waals surface area contributed by atoms with Crippen LogP contribution in [0.2, 0.25) is 0 Å². The molecule has 124 valence electrons. The van der Waals surface area contributed by atoms with E-state index in [1.54, 1.807) is 6.92 Å². The lowest BCUT2D eigenvalue weighted by Crippen LogP contribution is -2.51. The highest BCUT2D eigenvalue weighted by Crippen LogP contribution is 2.23. The van der Waals surface area contributed by atoms with Crippen LogP contribution in [0.25, 0.3) is 0 Å². The minimum absolute atomic E-state index is 0. The van der Waals surface area contributed by atoms with E-state index in [0.717, 1.165) is 5.56 Å². The number of carbonyl (C=O) groups is 1. The van der Waals surface area contributed by atoms with Crippen LogP contribution in [0.3, 0.4) is 0 Å². The molecule has 4 heteroatoms. The predicted molar refractivity (Wildman–Crippen MR) is 97.7 cm³/mol. The first-order valence-electron chi connectivity index (χ1n) is 7.52. The van der Waals surface area contributed by atoms with Crippen LogP contribution in [-0.2, 0) is 15.7 Å². The van der Waals surface area contributed by atoms with Gasteiger partial charge in [0, 0.05) is 12.0 Å². The summed E-state index contributed by atoms with van der Waals surface area (Å²) in [6.07, 6.45) is 0. The minimum atomic E-state index is -1.03. The second kappa shape index (κ2) is 7.62. The van der Waals surface area contributed by atoms with Gasteiger partial charge in [-0.15, -0.1) is 12.4 Å². The molecule has 0 heterocycles. The number of hydrogen-bond acceptors (Lipinski definition) is 2. The molecule has 3 N–H and O–H groups in total. The topological polar surface area (TPSA) is 55.1 Å². The van der Waals surface area contributed by atoms with E-state index in [9.17, 15) is 4.79 Å². The number of halogens is 1. The Balaban J connectivity index is 0.00000264. The molecule has 2 aromatic carbocycles. The lowest BCUT2D eigenvalue weighted by molar-refractivity contribution is -0.126. The molecule has 0 saturated carbocycles. The van der Waals surface area contributed by atoms with Gasteiger partial charge in [0.2, 0.25) is 5.91 Å². The van der Waals surface area contributed by atoms with E-state index in [1.165, 1.54) is 5.56 Å². The van der Waals surface area contributed by atoms with Crippen LogP contribution in [0, 0.1) is 0 Å². The highest BCUT2D eigenvalue weighted by Gasteiger charge is 2.31. The molecule has 1 atom stereocenters. The van der Waals surface area contributed by atoms with E-state index in [1.807, 2.05) is 48.5 Å². The first kappa shape index (κ1) is 19.2. The van der Waals surface area contributed by atoms with Crippen LogP contribution in [0.1, 0.15) is 31.9 Å². The monoisotopic (exact) mass is 332 g/mol. The fraction of sp³-hybridized carbons (Fsp3) is 0.316. The molecule has 2 aromatic rings. The average Bonchev–Trinajstić information content (AvgIpc) is 2.54. The van der Waals surface area contributed by atoms with Gasteiger partial charge in [0.1, 0.15) is 5.54 Å². The van der Waals surface area contributed by atoms with Crippen molar-refractivity contribution in [3.8, 4) is 0 Å². The zero-order valence-corrected chi connectivity index (χ0v) is 14.7. The number of benzene rings is 2. The summed E-state index contributed by atoms with van der Waals surface area (Å²) in [6.45, 7) is 6.50. The van der Waals surface area contributed by atoms with Crippen LogP contribution in [0.4, 0.5) is 0 Å². The number of carbonyl (C=O) groups excluding carboxylic acids is 1. The molecule has 0 aliphatic carbocycles. The number of hydrogen-bond donors (Lipinski definition) is 2. The number of nitrogens with two attached hydrogens (primary N) is 1. The Hall–Kier alpha value is -1.84. The van der Waals surface area contributed by atoms with Gasteiger partial charge in [-0.3, -0.25) is 4.79 Å². The first-order valence-corrected chi connectivity index (χ1v) is 7.52. The summed E-state index contributed by atoms with van der Waals surface area (Å²) in [5.74, 6) is -0.164. The molecular formula is C19H25ClN2O. The number of nitrogens with one attached hydrogen (secondary N) is 1. The molecule has 3 nitrogen and oxygen atoms in total. The number of amides is 1. The number of rotatable bonds is 5. The molecule has 23 heavy (non-hydrogen) atoms. The molecule has 0 spiro atoms. The van der Waals surface area contributed by atoms with Crippen molar-refractivity contribution in [2.45, 2.75) is 31.7 Å². The predicted octanol–water partition coefficient (Wildman–Crippen LogP) is 3.38. The van der Waals surface area contributed by atoms with E-state index >= 15 is 0 Å². The van der Waals surface area contributed by atoms with Gasteiger partial charge in [0.25, 0.3) is 0 Å². The Morgan fingerprint density at radius 1 is 0.913 bits per heavy atom. The van der Waals surface area contributed by atoms with Crippen LogP contribution in [0.15, 0.2) is 60.7 Å². The third-order valence-corrected chi connectivity index (χ3v) is 4.09. The van der Waals surface area contributed by atoms with Gasteiger partial charge in [-0.2, -0.15) is 0 Å². The maximum Gasteiger partial charge on any atom is 0.244 e. The Kier molecular flexibility index (Phi) is 6.37. The second-order valence-electron chi connectivity index (χ2n) is 6.50. The van der Waals surface area contributed by atoms with Gasteiger partial charge in [-0.25, -0.2) is 0 Å². The molecule has 0 aliphatic heterocycles. The molecule has 0 radical (unpaired) electrons. The maximum atomic E-state index is 12.5. The average molecular weight is 333 g/mol. The Labute approximate surface area is 144 Å². The van der Waals surface area contributed by atoms with Crippen LogP contribution < -0.4 is 11.1 Å². The summed E-state index contributed by atoms with van der Waals surface area (Å²) in [5, 5.41) is 3.00. The summed E-state index contributed by atoms with van der Waals surface area (Å²) in [4.78, 5) is 12.5. The summed E-state index contributed by atoms with van der Waals surface area (Å²) in [6, 6.07) is 19.6. The standard InChI is InChI=1S/C19H24N2O.ClH/c1-18(2,15-10-6-4-7-11-15)14-21-17(22)19(3,20)16-12-8-5-9-13-16;/h4-13H,14,20H2,1-3H3,(H,21,22);1H. The zero-order chi connectivity index (χ0) is 16.2. The Bertz CT molecular complexity index is 624.